The molecular weight excluding hydrogens is 304 g/mol. The number of amides is 1. The number of allylic oxidation sites excluding steroid dienone is 2. The fourth-order valence-corrected chi connectivity index (χ4v) is 3.07. The van der Waals surface area contributed by atoms with Crippen LogP contribution in [-0.4, -0.2) is 21.0 Å². The van der Waals surface area contributed by atoms with E-state index in [1.165, 1.54) is 5.57 Å². The monoisotopic (exact) mass is 326 g/mol. The van der Waals surface area contributed by atoms with Crippen LogP contribution < -0.4 is 5.32 Å². The minimum atomic E-state index is -0.00464. The number of hydrogen-bond acceptors (Lipinski definition) is 5. The van der Waals surface area contributed by atoms with Crippen molar-refractivity contribution in [1.82, 2.24) is 20.4 Å². The van der Waals surface area contributed by atoms with Gasteiger partial charge in [0.05, 0.1) is 12.5 Å². The van der Waals surface area contributed by atoms with Gasteiger partial charge >= 0.3 is 0 Å². The normalized spacial score (nSPS) is 21.2. The van der Waals surface area contributed by atoms with E-state index in [1.807, 2.05) is 12.1 Å². The van der Waals surface area contributed by atoms with Gasteiger partial charge in [-0.25, -0.2) is 0 Å². The molecule has 0 aliphatic heterocycles. The summed E-state index contributed by atoms with van der Waals surface area (Å²) in [5.74, 6) is 1.21. The number of carbonyl (C=O) groups is 1. The summed E-state index contributed by atoms with van der Waals surface area (Å²) < 4.78 is 5.20. The van der Waals surface area contributed by atoms with Crippen LogP contribution in [-0.2, 0) is 11.3 Å². The molecule has 1 saturated carbocycles. The summed E-state index contributed by atoms with van der Waals surface area (Å²) in [7, 11) is 0. The Bertz CT molecular complexity index is 760. The lowest BCUT2D eigenvalue weighted by Gasteiger charge is -2.03. The van der Waals surface area contributed by atoms with Gasteiger partial charge in [-0.3, -0.25) is 9.78 Å². The molecule has 2 aromatic rings. The topological polar surface area (TPSA) is 80.9 Å². The van der Waals surface area contributed by atoms with Gasteiger partial charge in [-0.2, -0.15) is 4.98 Å². The number of hydrogen-bond donors (Lipinski definition) is 1. The molecule has 1 N–H and O–H groups in total. The van der Waals surface area contributed by atoms with Gasteiger partial charge in [-0.1, -0.05) is 30.7 Å². The zero-order chi connectivity index (χ0) is 17.3. The first-order valence-electron chi connectivity index (χ1n) is 8.05. The average Bonchev–Trinajstić information content (AvgIpc) is 2.90. The van der Waals surface area contributed by atoms with Gasteiger partial charge in [0.2, 0.25) is 17.6 Å². The number of rotatable bonds is 5. The van der Waals surface area contributed by atoms with E-state index >= 15 is 0 Å². The van der Waals surface area contributed by atoms with Gasteiger partial charge in [-0.05, 0) is 37.3 Å². The van der Waals surface area contributed by atoms with Crippen molar-refractivity contribution in [1.29, 1.82) is 0 Å². The van der Waals surface area contributed by atoms with Crippen LogP contribution in [0.4, 0.5) is 0 Å². The highest BCUT2D eigenvalue weighted by Crippen LogP contribution is 2.59. The molecule has 0 spiro atoms. The number of carbonyl (C=O) groups excluding carboxylic acids is 1. The van der Waals surface area contributed by atoms with Crippen LogP contribution in [0.15, 0.2) is 40.7 Å². The van der Waals surface area contributed by atoms with Crippen LogP contribution in [0.5, 0.6) is 0 Å². The van der Waals surface area contributed by atoms with Crippen molar-refractivity contribution in [2.45, 2.75) is 34.2 Å². The van der Waals surface area contributed by atoms with E-state index in [0.29, 0.717) is 11.7 Å². The van der Waals surface area contributed by atoms with Crippen LogP contribution in [0.1, 0.15) is 33.6 Å². The first-order chi connectivity index (χ1) is 11.4. The van der Waals surface area contributed by atoms with E-state index in [2.05, 4.69) is 54.2 Å². The number of nitrogens with zero attached hydrogens (tertiary/aromatic N) is 3. The summed E-state index contributed by atoms with van der Waals surface area (Å²) in [6.45, 7) is 8.60. The van der Waals surface area contributed by atoms with Crippen molar-refractivity contribution in [2.24, 2.45) is 17.3 Å². The third-order valence-electron chi connectivity index (χ3n) is 4.53. The fraction of sp³-hybridized carbons (Fsp3) is 0.444. The van der Waals surface area contributed by atoms with Gasteiger partial charge in [0.25, 0.3) is 0 Å². The van der Waals surface area contributed by atoms with Gasteiger partial charge in [-0.15, -0.1) is 0 Å². The van der Waals surface area contributed by atoms with Gasteiger partial charge < -0.3 is 9.84 Å². The molecule has 126 valence electrons. The average molecular weight is 326 g/mol. The molecule has 2 unspecified atom stereocenters. The van der Waals surface area contributed by atoms with Gasteiger partial charge in [0.15, 0.2) is 0 Å². The first-order valence-corrected chi connectivity index (χ1v) is 8.05. The van der Waals surface area contributed by atoms with Crippen molar-refractivity contribution in [3.63, 3.8) is 0 Å². The van der Waals surface area contributed by atoms with Crippen molar-refractivity contribution in [3.05, 3.63) is 42.1 Å². The summed E-state index contributed by atoms with van der Waals surface area (Å²) >= 11 is 0. The predicted molar refractivity (Wildman–Crippen MR) is 89.6 cm³/mol. The Labute approximate surface area is 141 Å². The Morgan fingerprint density at radius 1 is 1.33 bits per heavy atom. The molecule has 3 rings (SSSR count). The van der Waals surface area contributed by atoms with Crippen molar-refractivity contribution in [2.75, 3.05) is 0 Å². The van der Waals surface area contributed by atoms with Crippen LogP contribution in [0.3, 0.4) is 0 Å². The maximum Gasteiger partial charge on any atom is 0.246 e. The highest BCUT2D eigenvalue weighted by atomic mass is 16.5. The number of nitrogens with one attached hydrogen (secondary N) is 1. The maximum absolute atomic E-state index is 12.4. The lowest BCUT2D eigenvalue weighted by Crippen LogP contribution is -2.26. The molecule has 24 heavy (non-hydrogen) atoms. The second kappa shape index (κ2) is 6.19. The maximum atomic E-state index is 12.4. The molecule has 1 aliphatic rings. The van der Waals surface area contributed by atoms with E-state index in [1.54, 1.807) is 12.4 Å². The summed E-state index contributed by atoms with van der Waals surface area (Å²) in [5.41, 5.74) is 2.07. The number of aromatic nitrogens is 3. The highest BCUT2D eigenvalue weighted by molar-refractivity contribution is 5.83. The van der Waals surface area contributed by atoms with Crippen molar-refractivity contribution < 1.29 is 9.32 Å². The summed E-state index contributed by atoms with van der Waals surface area (Å²) in [6, 6.07) is 3.62. The summed E-state index contributed by atoms with van der Waals surface area (Å²) in [4.78, 5) is 20.7. The minimum absolute atomic E-state index is 0.00159. The minimum Gasteiger partial charge on any atom is -0.347 e. The van der Waals surface area contributed by atoms with Crippen LogP contribution in [0.25, 0.3) is 11.4 Å². The molecule has 1 fully saturated rings. The third-order valence-corrected chi connectivity index (χ3v) is 4.53. The number of pyridine rings is 1. The Hall–Kier alpha value is -2.50. The molecule has 6 heteroatoms. The highest BCUT2D eigenvalue weighted by Gasteiger charge is 2.60. The fourth-order valence-electron chi connectivity index (χ4n) is 3.07. The Kier molecular flexibility index (Phi) is 4.22. The molecular formula is C18H22N4O2. The van der Waals surface area contributed by atoms with E-state index in [4.69, 9.17) is 4.52 Å². The molecule has 1 aliphatic carbocycles. The Balaban J connectivity index is 1.60. The van der Waals surface area contributed by atoms with Crippen LogP contribution >= 0.6 is 0 Å². The molecule has 1 amide bonds. The smallest absolute Gasteiger partial charge is 0.246 e. The Morgan fingerprint density at radius 2 is 2.04 bits per heavy atom. The van der Waals surface area contributed by atoms with Gasteiger partial charge in [0, 0.05) is 18.0 Å². The molecule has 2 aromatic heterocycles. The Morgan fingerprint density at radius 3 is 2.71 bits per heavy atom. The lowest BCUT2D eigenvalue weighted by molar-refractivity contribution is -0.123. The van der Waals surface area contributed by atoms with E-state index in [9.17, 15) is 4.79 Å². The summed E-state index contributed by atoms with van der Waals surface area (Å²) in [6.07, 6.45) is 5.52. The molecule has 2 atom stereocenters. The van der Waals surface area contributed by atoms with E-state index in [-0.39, 0.29) is 29.7 Å². The third kappa shape index (κ3) is 3.22. The quantitative estimate of drug-likeness (QED) is 0.854. The van der Waals surface area contributed by atoms with Crippen LogP contribution in [0, 0.1) is 17.3 Å². The summed E-state index contributed by atoms with van der Waals surface area (Å²) in [5, 5.41) is 6.84. The van der Waals surface area contributed by atoms with Crippen LogP contribution in [0.2, 0.25) is 0 Å². The molecule has 0 saturated heterocycles. The lowest BCUT2D eigenvalue weighted by atomic mass is 10.1. The predicted octanol–water partition coefficient (Wildman–Crippen LogP) is 2.99. The van der Waals surface area contributed by atoms with Gasteiger partial charge in [0.1, 0.15) is 0 Å². The standard InChI is InChI=1S/C18H22N4O2/c1-11(2)9-13-15(18(13,3)4)17(23)20-10-14-21-16(22-24-14)12-5-7-19-8-6-12/h5-9,13,15H,10H2,1-4H3,(H,20,23). The molecule has 0 bridgehead atoms. The first kappa shape index (κ1) is 16.4. The second-order valence-corrected chi connectivity index (χ2v) is 7.03. The molecule has 6 nitrogen and oxygen atoms in total. The molecule has 0 radical (unpaired) electrons. The largest absolute Gasteiger partial charge is 0.347 e. The zero-order valence-corrected chi connectivity index (χ0v) is 14.4. The van der Waals surface area contributed by atoms with Crippen molar-refractivity contribution >= 4 is 5.91 Å². The van der Waals surface area contributed by atoms with Crippen molar-refractivity contribution in [3.8, 4) is 11.4 Å². The molecule has 0 aromatic carbocycles. The molecule has 2 heterocycles. The second-order valence-electron chi connectivity index (χ2n) is 7.03. The van der Waals surface area contributed by atoms with E-state index < -0.39 is 0 Å². The zero-order valence-electron chi connectivity index (χ0n) is 14.4. The SMILES string of the molecule is CC(C)=CC1C(C(=O)NCc2nc(-c3ccncc3)no2)C1(C)C. The van der Waals surface area contributed by atoms with E-state index in [0.717, 1.165) is 5.56 Å².